The van der Waals surface area contributed by atoms with Crippen molar-refractivity contribution in [1.29, 1.82) is 0 Å². The second-order valence-electron chi connectivity index (χ2n) is 3.67. The zero-order chi connectivity index (χ0) is 14.9. The fraction of sp³-hybridized carbons (Fsp3) is 0.182. The van der Waals surface area contributed by atoms with Crippen LogP contribution in [0.1, 0.15) is 16.2 Å². The van der Waals surface area contributed by atoms with Gasteiger partial charge in [-0.15, -0.1) is 5.10 Å². The number of aromatic nitrogens is 3. The molecule has 9 heteroatoms. The highest BCUT2D eigenvalue weighted by molar-refractivity contribution is 6.32. The van der Waals surface area contributed by atoms with Gasteiger partial charge in [0.15, 0.2) is 17.7 Å². The van der Waals surface area contributed by atoms with Crippen LogP contribution in [0.15, 0.2) is 18.2 Å². The summed E-state index contributed by atoms with van der Waals surface area (Å²) in [5, 5.41) is 6.65. The molecular formula is C11H7ClF3N3O2. The number of aldehydes is 1. The van der Waals surface area contributed by atoms with Crippen molar-refractivity contribution in [2.45, 2.75) is 6.18 Å². The summed E-state index contributed by atoms with van der Waals surface area (Å²) in [6.07, 6.45) is -4.77. The fourth-order valence-corrected chi connectivity index (χ4v) is 1.86. The Bertz CT molecular complexity index is 655. The lowest BCUT2D eigenvalue weighted by Crippen LogP contribution is -2.15. The molecule has 0 fully saturated rings. The number of carbonyl (C=O) groups excluding carboxylic acids is 1. The molecule has 0 unspecified atom stereocenters. The van der Waals surface area contributed by atoms with Gasteiger partial charge < -0.3 is 4.74 Å². The highest BCUT2D eigenvalue weighted by Crippen LogP contribution is 2.33. The SMILES string of the molecule is COc1ccc(-n2nnc(C=O)c2C(F)(F)F)cc1Cl. The molecule has 0 spiro atoms. The normalized spacial score (nSPS) is 11.4. The largest absolute Gasteiger partial charge is 0.495 e. The van der Waals surface area contributed by atoms with E-state index in [9.17, 15) is 18.0 Å². The van der Waals surface area contributed by atoms with E-state index in [1.54, 1.807) is 0 Å². The molecule has 0 N–H and O–H groups in total. The monoisotopic (exact) mass is 305 g/mol. The van der Waals surface area contributed by atoms with Gasteiger partial charge in [-0.2, -0.15) is 13.2 Å². The number of halogens is 4. The molecule has 0 saturated carbocycles. The summed E-state index contributed by atoms with van der Waals surface area (Å²) < 4.78 is 44.2. The maximum Gasteiger partial charge on any atom is 0.435 e. The number of hydrogen-bond donors (Lipinski definition) is 0. The van der Waals surface area contributed by atoms with Crippen LogP contribution in [0, 0.1) is 0 Å². The van der Waals surface area contributed by atoms with Gasteiger partial charge >= 0.3 is 6.18 Å². The number of nitrogens with zero attached hydrogens (tertiary/aromatic N) is 3. The van der Waals surface area contributed by atoms with E-state index in [4.69, 9.17) is 16.3 Å². The number of benzene rings is 1. The zero-order valence-electron chi connectivity index (χ0n) is 9.98. The molecule has 0 radical (unpaired) electrons. The molecule has 0 amide bonds. The lowest BCUT2D eigenvalue weighted by molar-refractivity contribution is -0.143. The lowest BCUT2D eigenvalue weighted by Gasteiger charge is -2.11. The third-order valence-corrected chi connectivity index (χ3v) is 2.75. The Morgan fingerprint density at radius 1 is 1.40 bits per heavy atom. The van der Waals surface area contributed by atoms with Crippen LogP contribution < -0.4 is 4.74 Å². The number of alkyl halides is 3. The minimum absolute atomic E-state index is 0.00253. The van der Waals surface area contributed by atoms with Gasteiger partial charge in [-0.3, -0.25) is 4.79 Å². The first-order valence-electron chi connectivity index (χ1n) is 5.20. The Hall–Kier alpha value is -2.09. The van der Waals surface area contributed by atoms with E-state index in [2.05, 4.69) is 10.3 Å². The second kappa shape index (κ2) is 5.12. The van der Waals surface area contributed by atoms with E-state index in [0.717, 1.165) is 0 Å². The molecule has 106 valence electrons. The van der Waals surface area contributed by atoms with Crippen molar-refractivity contribution in [3.05, 3.63) is 34.6 Å². The predicted octanol–water partition coefficient (Wildman–Crippen LogP) is 2.76. The summed E-state index contributed by atoms with van der Waals surface area (Å²) in [6, 6.07) is 3.95. The van der Waals surface area contributed by atoms with Crippen molar-refractivity contribution in [1.82, 2.24) is 15.0 Å². The van der Waals surface area contributed by atoms with Crippen LogP contribution in [0.5, 0.6) is 5.75 Å². The zero-order valence-corrected chi connectivity index (χ0v) is 10.7. The highest BCUT2D eigenvalue weighted by atomic mass is 35.5. The van der Waals surface area contributed by atoms with Gasteiger partial charge in [-0.1, -0.05) is 16.8 Å². The summed E-state index contributed by atoms with van der Waals surface area (Å²) in [5.74, 6) is 0.305. The quantitative estimate of drug-likeness (QED) is 0.818. The fourth-order valence-electron chi connectivity index (χ4n) is 1.61. The van der Waals surface area contributed by atoms with Gasteiger partial charge in [-0.25, -0.2) is 4.68 Å². The first-order chi connectivity index (χ1) is 9.38. The molecule has 1 heterocycles. The van der Waals surface area contributed by atoms with Gasteiger partial charge in [0.2, 0.25) is 0 Å². The van der Waals surface area contributed by atoms with Gasteiger partial charge in [0.25, 0.3) is 0 Å². The Labute approximate surface area is 115 Å². The molecule has 5 nitrogen and oxygen atoms in total. The minimum atomic E-state index is -4.77. The van der Waals surface area contributed by atoms with E-state index in [1.807, 2.05) is 0 Å². The molecule has 0 bridgehead atoms. The molecule has 0 atom stereocenters. The summed E-state index contributed by atoms with van der Waals surface area (Å²) in [4.78, 5) is 10.6. The van der Waals surface area contributed by atoms with Gasteiger partial charge in [0, 0.05) is 0 Å². The molecule has 0 aliphatic rings. The third kappa shape index (κ3) is 2.46. The average molecular weight is 306 g/mol. The Morgan fingerprint density at radius 3 is 2.60 bits per heavy atom. The van der Waals surface area contributed by atoms with Crippen molar-refractivity contribution in [3.63, 3.8) is 0 Å². The molecule has 1 aromatic carbocycles. The molecule has 2 rings (SSSR count). The van der Waals surface area contributed by atoms with Crippen molar-refractivity contribution < 1.29 is 22.7 Å². The van der Waals surface area contributed by atoms with E-state index in [0.29, 0.717) is 10.4 Å². The second-order valence-corrected chi connectivity index (χ2v) is 4.08. The van der Waals surface area contributed by atoms with Crippen LogP contribution in [0.25, 0.3) is 5.69 Å². The number of hydrogen-bond acceptors (Lipinski definition) is 4. The van der Waals surface area contributed by atoms with E-state index in [-0.39, 0.29) is 17.0 Å². The number of methoxy groups -OCH3 is 1. The summed E-state index contributed by atoms with van der Waals surface area (Å²) >= 11 is 5.85. The molecule has 0 saturated heterocycles. The van der Waals surface area contributed by atoms with Gasteiger partial charge in [-0.05, 0) is 18.2 Å². The van der Waals surface area contributed by atoms with Crippen LogP contribution in [0.3, 0.4) is 0 Å². The summed E-state index contributed by atoms with van der Waals surface area (Å²) in [7, 11) is 1.38. The van der Waals surface area contributed by atoms with E-state index >= 15 is 0 Å². The maximum atomic E-state index is 12.9. The van der Waals surface area contributed by atoms with Gasteiger partial charge in [0.05, 0.1) is 17.8 Å². The van der Waals surface area contributed by atoms with E-state index < -0.39 is 17.6 Å². The Kier molecular flexibility index (Phi) is 3.67. The Balaban J connectivity index is 2.61. The van der Waals surface area contributed by atoms with Crippen LogP contribution in [0.2, 0.25) is 5.02 Å². The molecular weight excluding hydrogens is 299 g/mol. The highest BCUT2D eigenvalue weighted by Gasteiger charge is 2.39. The average Bonchev–Trinajstić information content (AvgIpc) is 2.82. The van der Waals surface area contributed by atoms with Gasteiger partial charge in [0.1, 0.15) is 5.75 Å². The third-order valence-electron chi connectivity index (χ3n) is 2.46. The number of ether oxygens (including phenoxy) is 1. The van der Waals surface area contributed by atoms with Crippen molar-refractivity contribution in [3.8, 4) is 11.4 Å². The standard InChI is InChI=1S/C11H7ClF3N3O2/c1-20-9-3-2-6(4-7(9)12)18-10(11(13,14)15)8(5-19)16-17-18/h2-5H,1H3. The lowest BCUT2D eigenvalue weighted by atomic mass is 10.2. The van der Waals surface area contributed by atoms with Crippen LogP contribution in [-0.2, 0) is 6.18 Å². The minimum Gasteiger partial charge on any atom is -0.495 e. The molecule has 2 aromatic rings. The van der Waals surface area contributed by atoms with Crippen LogP contribution >= 0.6 is 11.6 Å². The van der Waals surface area contributed by atoms with Crippen molar-refractivity contribution in [2.75, 3.05) is 7.11 Å². The Morgan fingerprint density at radius 2 is 2.10 bits per heavy atom. The van der Waals surface area contributed by atoms with E-state index in [1.165, 1.54) is 25.3 Å². The molecule has 1 aromatic heterocycles. The number of carbonyl (C=O) groups is 1. The summed E-state index contributed by atoms with van der Waals surface area (Å²) in [5.41, 5.74) is -2.03. The first-order valence-corrected chi connectivity index (χ1v) is 5.58. The van der Waals surface area contributed by atoms with Crippen molar-refractivity contribution >= 4 is 17.9 Å². The maximum absolute atomic E-state index is 12.9. The summed E-state index contributed by atoms with van der Waals surface area (Å²) in [6.45, 7) is 0. The first kappa shape index (κ1) is 14.3. The molecule has 20 heavy (non-hydrogen) atoms. The van der Waals surface area contributed by atoms with Crippen molar-refractivity contribution in [2.24, 2.45) is 0 Å². The smallest absolute Gasteiger partial charge is 0.435 e. The number of rotatable bonds is 3. The molecule has 0 aliphatic carbocycles. The topological polar surface area (TPSA) is 57.0 Å². The molecule has 0 aliphatic heterocycles. The van der Waals surface area contributed by atoms with Crippen LogP contribution in [-0.4, -0.2) is 28.4 Å². The predicted molar refractivity (Wildman–Crippen MR) is 63.3 cm³/mol. The van der Waals surface area contributed by atoms with Crippen LogP contribution in [0.4, 0.5) is 13.2 Å².